The number of ketones is 1. The van der Waals surface area contributed by atoms with E-state index < -0.39 is 71.9 Å². The third-order valence-electron chi connectivity index (χ3n) is 17.7. The second-order valence-corrected chi connectivity index (χ2v) is 27.7. The molecule has 2 radical (unpaired) electrons. The number of carbonyl (C=O) groups excluding carboxylic acids is 14. The molecule has 8 rings (SSSR count). The molecule has 0 aliphatic carbocycles. The number of carboxylic acid groups (broad SMARTS) is 1. The fourth-order valence-corrected chi connectivity index (χ4v) is 11.1. The van der Waals surface area contributed by atoms with E-state index in [1.807, 2.05) is 178 Å². The van der Waals surface area contributed by atoms with E-state index in [0.29, 0.717) is 52.9 Å². The topological polar surface area (TPSA) is 426 Å². The van der Waals surface area contributed by atoms with Crippen molar-refractivity contribution in [3.63, 3.8) is 0 Å². The number of rotatable bonds is 38. The van der Waals surface area contributed by atoms with Crippen LogP contribution in [0.3, 0.4) is 0 Å². The maximum atomic E-state index is 13.3. The number of carboxylic acids is 1. The number of aliphatic carboxylic acids is 1. The van der Waals surface area contributed by atoms with Gasteiger partial charge in [-0.1, -0.05) is 225 Å². The third-order valence-corrected chi connectivity index (χ3v) is 17.7. The van der Waals surface area contributed by atoms with Gasteiger partial charge in [0.15, 0.2) is 0 Å². The molecule has 2 amide bonds. The molecule has 0 aromatic heterocycles. The number of hydrogen-bond acceptors (Lipinski definition) is 25. The monoisotopic (exact) mass is 1730 g/mol. The van der Waals surface area contributed by atoms with Gasteiger partial charge in [0, 0.05) is 46.6 Å². The fraction of sp³-hybridized carbons (Fsp3) is 0.316. The van der Waals surface area contributed by atoms with Crippen molar-refractivity contribution < 1.29 is 140 Å². The Morgan fingerprint density at radius 3 is 1.35 bits per heavy atom. The summed E-state index contributed by atoms with van der Waals surface area (Å²) >= 11 is 0. The van der Waals surface area contributed by atoms with Gasteiger partial charge in [-0.2, -0.15) is 19.2 Å². The van der Waals surface area contributed by atoms with Crippen LogP contribution in [0.15, 0.2) is 218 Å². The fourth-order valence-electron chi connectivity index (χ4n) is 11.1. The summed E-state index contributed by atoms with van der Waals surface area (Å²) in [6, 6.07) is 62.7. The average molecular weight is 1730 g/mol. The first kappa shape index (κ1) is 112. The van der Waals surface area contributed by atoms with Crippen molar-refractivity contribution >= 4 is 98.3 Å². The number of Topliss-reactive ketones (excluding diaryl/α,β-unsaturated/α-hetero) is 1. The summed E-state index contributed by atoms with van der Waals surface area (Å²) in [4.78, 5) is 157. The van der Waals surface area contributed by atoms with Crippen LogP contribution in [-0.2, 0) is 139 Å². The van der Waals surface area contributed by atoms with Gasteiger partial charge in [-0.3, -0.25) is 43.2 Å². The van der Waals surface area contributed by atoms with E-state index in [0.717, 1.165) is 70.6 Å². The quantitative estimate of drug-likeness (QED) is 0.00483. The zero-order valence-corrected chi connectivity index (χ0v) is 74.9. The van der Waals surface area contributed by atoms with Crippen molar-refractivity contribution in [2.45, 2.75) is 157 Å². The van der Waals surface area contributed by atoms with Gasteiger partial charge in [-0.15, -0.1) is 0 Å². The third kappa shape index (κ3) is 54.4. The predicted molar refractivity (Wildman–Crippen MR) is 466 cm³/mol. The molecule has 28 nitrogen and oxygen atoms in total. The summed E-state index contributed by atoms with van der Waals surface area (Å²) < 4.78 is 28.1. The van der Waals surface area contributed by atoms with Gasteiger partial charge >= 0.3 is 59.8 Å². The van der Waals surface area contributed by atoms with Crippen molar-refractivity contribution in [1.29, 1.82) is 0 Å². The van der Waals surface area contributed by atoms with E-state index in [4.69, 9.17) is 53.8 Å². The van der Waals surface area contributed by atoms with Gasteiger partial charge in [0.25, 0.3) is 24.4 Å². The van der Waals surface area contributed by atoms with Crippen LogP contribution in [0.1, 0.15) is 126 Å². The molecule has 0 aliphatic rings. The molecule has 6 atom stereocenters. The van der Waals surface area contributed by atoms with Crippen molar-refractivity contribution in [3.8, 4) is 5.75 Å². The van der Waals surface area contributed by atoms with Crippen molar-refractivity contribution in [2.75, 3.05) is 33.9 Å². The predicted octanol–water partition coefficient (Wildman–Crippen LogP) is 7.85. The molecular formula is C95H113BN5NaO23. The maximum absolute atomic E-state index is 13.3. The molecule has 0 heterocycles. The number of methoxy groups -OCH3 is 2. The van der Waals surface area contributed by atoms with Crippen LogP contribution >= 0.6 is 0 Å². The number of nitrogens with two attached hydrogens (primary N) is 1. The van der Waals surface area contributed by atoms with E-state index >= 15 is 0 Å². The molecule has 660 valence electrons. The van der Waals surface area contributed by atoms with Gasteiger partial charge in [0.1, 0.15) is 56.8 Å². The van der Waals surface area contributed by atoms with E-state index in [-0.39, 0.29) is 97.7 Å². The summed E-state index contributed by atoms with van der Waals surface area (Å²) in [6.07, 6.45) is 13.2. The minimum absolute atomic E-state index is 0. The maximum Gasteiger partial charge on any atom is 1.00 e. The van der Waals surface area contributed by atoms with Crippen LogP contribution in [0.2, 0.25) is 0 Å². The number of phenols is 1. The molecule has 0 bridgehead atoms. The summed E-state index contributed by atoms with van der Waals surface area (Å²) in [5.74, 6) is -3.67. The number of aromatic hydroxyl groups is 1. The number of amides is 2. The van der Waals surface area contributed by atoms with Crippen LogP contribution in [0, 0.1) is 40.5 Å². The normalized spacial score (nSPS) is 11.4. The second kappa shape index (κ2) is 68.8. The SMILES string of the molecule is CC(=O)O.CC(=O)O[B-]OC(C)=O.COC(=O)[C@@H](Cc1ccccc1)NC(=O)[C@@H](CCc1ccccc1)NC/C=C/c1ccc(C)c(C)c1.COC(=O)[C@@H](Cc1ccccc1)NC(=O)[C@@H](COC=O)NCCCc1ccc(C)c(O)c1.C[C@@H](CC(=O)[C@@H](N)CC(=O)OCc1ccccc1)Cc1ccccc1.Cc1ccc(/C=C/C=O)cc1C.O=C=O.O=C=O.[Na+]. The Balaban J connectivity index is 0.00000158. The molecule has 8 aromatic rings. The van der Waals surface area contributed by atoms with Gasteiger partial charge in [0.05, 0.1) is 32.7 Å². The first-order valence-corrected chi connectivity index (χ1v) is 39.3. The van der Waals surface area contributed by atoms with Gasteiger partial charge in [-0.25, -0.2) is 9.59 Å². The molecule has 125 heavy (non-hydrogen) atoms. The first-order chi connectivity index (χ1) is 59.4. The standard InChI is InChI=1S/C31H36N2O3.C24H30N2O6.C21H25NO3.C11H12O.C4H6BO4.C2H4O2.2CO2.Na/c1-23-16-17-27(21-24(23)2)15-10-20-32-28(19-18-25-11-6-4-7-12-25)30(34)33-29(31(35)36-3)22-26-13-8-5-9-14-26;1-17-10-11-19(14-22(17)28)9-6-12-25-21(15-32-16-27)23(29)26-20(24(30)31-2)13-18-7-4-3-5-8-18;1-16(12-17-8-4-2-5-9-17)13-20(23)19(22)14-21(24)25-15-18-10-6-3-7-11-18;1-9-5-6-11(4-3-7-12)8-10(9)2;1-3(6)8-5-9-4(2)7;1-2(3)4;2*2-1-3;/h4-17,21,28-29,32H,18-20,22H2,1-3H3,(H,33,34);3-5,7-8,10-11,14,16,20-21,25,28H,6,9,12-13,15H2,1-2H3,(H,26,29);2-11,16,19H,12-15,22H2,1H3;3-8H,1-2H3;1-2H3;1H3,(H,3,4);;;/q;;;;-1;;;;+1/b15-10+;;;4-3+;;;;;/t28-,29-;20-,21-;16-,19+;;;;;;/m111....../s1. The molecule has 0 saturated carbocycles. The number of phenolic OH excluding ortho intramolecular Hbond substituents is 1. The number of benzene rings is 8. The van der Waals surface area contributed by atoms with Crippen molar-refractivity contribution in [1.82, 2.24) is 21.3 Å². The minimum Gasteiger partial charge on any atom is -0.702 e. The first-order valence-electron chi connectivity index (χ1n) is 39.3. The molecule has 0 aliphatic heterocycles. The number of carbonyl (C=O) groups is 11. The second-order valence-electron chi connectivity index (χ2n) is 27.7. The van der Waals surface area contributed by atoms with Crippen LogP contribution in [0.5, 0.6) is 5.75 Å². The molecule has 30 heteroatoms. The summed E-state index contributed by atoms with van der Waals surface area (Å²) in [6.45, 7) is 17.0. The summed E-state index contributed by atoms with van der Waals surface area (Å²) in [7, 11) is 3.31. The Morgan fingerprint density at radius 2 is 0.928 bits per heavy atom. The van der Waals surface area contributed by atoms with E-state index in [9.17, 15) is 53.1 Å². The Kier molecular flexibility index (Phi) is 61.8. The number of aldehydes is 1. The average Bonchev–Trinajstić information content (AvgIpc) is 0.862. The van der Waals surface area contributed by atoms with Crippen LogP contribution in [0.25, 0.3) is 12.2 Å². The van der Waals surface area contributed by atoms with Crippen LogP contribution < -0.4 is 56.6 Å². The van der Waals surface area contributed by atoms with Gasteiger partial charge in [-0.05, 0) is 164 Å². The van der Waals surface area contributed by atoms with Crippen LogP contribution in [-0.4, -0.2) is 160 Å². The van der Waals surface area contributed by atoms with Crippen molar-refractivity contribution in [3.05, 3.63) is 291 Å². The Labute approximate surface area is 753 Å². The number of aryl methyl sites for hydroxylation is 7. The van der Waals surface area contributed by atoms with Gasteiger partial charge < -0.3 is 65.5 Å². The Bertz CT molecular complexity index is 4620. The molecule has 8 N–H and O–H groups in total. The molecule has 0 unspecified atom stereocenters. The summed E-state index contributed by atoms with van der Waals surface area (Å²) in [5, 5.41) is 29.3. The molecule has 8 aromatic carbocycles. The molecular weight excluding hydrogens is 1610 g/mol. The molecule has 0 spiro atoms. The zero-order chi connectivity index (χ0) is 92.4. The van der Waals surface area contributed by atoms with E-state index in [1.54, 1.807) is 12.1 Å². The van der Waals surface area contributed by atoms with Gasteiger partial charge in [0.2, 0.25) is 11.8 Å². The molecule has 0 fully saturated rings. The largest absolute Gasteiger partial charge is 1.00 e. The number of hydrogen-bond donors (Lipinski definition) is 7. The van der Waals surface area contributed by atoms with Crippen LogP contribution in [0.4, 0.5) is 0 Å². The number of ether oxygens (including phenoxy) is 4. The van der Waals surface area contributed by atoms with E-state index in [2.05, 4.69) is 107 Å². The summed E-state index contributed by atoms with van der Waals surface area (Å²) in [5.41, 5.74) is 20.0. The number of nitrogens with one attached hydrogen (secondary N) is 4. The Hall–Kier alpha value is -12.7. The smallest absolute Gasteiger partial charge is 0.702 e. The minimum atomic E-state index is -0.869. The zero-order valence-electron chi connectivity index (χ0n) is 72.9. The molecule has 0 saturated heterocycles. The Morgan fingerprint density at radius 1 is 0.504 bits per heavy atom. The number of esters is 3. The van der Waals surface area contributed by atoms with Crippen molar-refractivity contribution in [2.24, 2.45) is 11.7 Å². The van der Waals surface area contributed by atoms with E-state index in [1.165, 1.54) is 62.0 Å². The number of allylic oxidation sites excluding steroid dienone is 1.